The van der Waals surface area contributed by atoms with Gasteiger partial charge in [-0.1, -0.05) is 41.9 Å². The van der Waals surface area contributed by atoms with E-state index in [4.69, 9.17) is 17.3 Å². The minimum absolute atomic E-state index is 0.109. The summed E-state index contributed by atoms with van der Waals surface area (Å²) in [5.74, 6) is 0.600. The lowest BCUT2D eigenvalue weighted by molar-refractivity contribution is 0.591. The molecule has 0 saturated heterocycles. The van der Waals surface area contributed by atoms with Crippen molar-refractivity contribution in [2.24, 2.45) is 10.1 Å². The van der Waals surface area contributed by atoms with Gasteiger partial charge in [-0.15, -0.1) is 4.40 Å². The summed E-state index contributed by atoms with van der Waals surface area (Å²) in [5.41, 5.74) is 7.79. The molecule has 132 valence electrons. The zero-order valence-electron chi connectivity index (χ0n) is 13.4. The van der Waals surface area contributed by atoms with Crippen LogP contribution in [0.2, 0.25) is 5.02 Å². The average Bonchev–Trinajstić information content (AvgIpc) is 3.05. The van der Waals surface area contributed by atoms with Crippen molar-refractivity contribution in [3.8, 4) is 11.4 Å². The Kier molecular flexibility index (Phi) is 3.93. The third-order valence-corrected chi connectivity index (χ3v) is 5.49. The number of hydrogen-bond donors (Lipinski definition) is 2. The molecule has 0 amide bonds. The lowest BCUT2D eigenvalue weighted by Gasteiger charge is -2.24. The molecule has 1 aromatic heterocycles. The fourth-order valence-corrected chi connectivity index (χ4v) is 3.93. The van der Waals surface area contributed by atoms with Crippen LogP contribution in [0.15, 0.2) is 59.0 Å². The number of nitrogens with one attached hydrogen (secondary N) is 1. The molecular weight excluding hydrogens is 374 g/mol. The van der Waals surface area contributed by atoms with Crippen molar-refractivity contribution >= 4 is 33.5 Å². The van der Waals surface area contributed by atoms with Gasteiger partial charge in [0.25, 0.3) is 0 Å². The molecule has 0 saturated carbocycles. The average molecular weight is 388 g/mol. The highest BCUT2D eigenvalue weighted by Crippen LogP contribution is 2.31. The fourth-order valence-electron chi connectivity index (χ4n) is 2.70. The Balaban J connectivity index is 1.81. The topological polar surface area (TPSA) is 104 Å². The molecule has 26 heavy (non-hydrogen) atoms. The standard InChI is InChI=1S/C17H14ClN5O2S/c18-13-8-6-12(7-9-13)16-20-14-15(19)22-26(24,25)23(17(14)21-16)10-11-4-2-1-3-5-11/h1-9H,10H2,(H2,19,22)(H,20,21). The molecule has 0 aliphatic carbocycles. The summed E-state index contributed by atoms with van der Waals surface area (Å²) in [6.07, 6.45) is 0. The highest BCUT2D eigenvalue weighted by Gasteiger charge is 2.34. The van der Waals surface area contributed by atoms with E-state index >= 15 is 0 Å². The SMILES string of the molecule is NC1=NS(=O)(=O)N(Cc2ccccc2)c2nc(-c3ccc(Cl)cc3)[nH]c21. The number of nitrogens with two attached hydrogens (primary N) is 1. The second kappa shape index (κ2) is 6.15. The Hall–Kier alpha value is -2.84. The Morgan fingerprint density at radius 2 is 1.77 bits per heavy atom. The van der Waals surface area contributed by atoms with Crippen LogP contribution in [0.25, 0.3) is 11.4 Å². The second-order valence-electron chi connectivity index (χ2n) is 5.74. The molecule has 7 nitrogen and oxygen atoms in total. The van der Waals surface area contributed by atoms with Crippen molar-refractivity contribution in [3.63, 3.8) is 0 Å². The van der Waals surface area contributed by atoms with Gasteiger partial charge in [0, 0.05) is 10.6 Å². The molecule has 0 fully saturated rings. The molecule has 3 aromatic rings. The molecule has 0 bridgehead atoms. The quantitative estimate of drug-likeness (QED) is 0.720. The van der Waals surface area contributed by atoms with E-state index in [1.54, 1.807) is 24.3 Å². The number of benzene rings is 2. The van der Waals surface area contributed by atoms with E-state index in [2.05, 4.69) is 14.4 Å². The van der Waals surface area contributed by atoms with Gasteiger partial charge in [-0.3, -0.25) is 0 Å². The first-order valence-corrected chi connectivity index (χ1v) is 9.50. The van der Waals surface area contributed by atoms with Crippen LogP contribution in [-0.2, 0) is 16.8 Å². The maximum Gasteiger partial charge on any atom is 0.348 e. The summed E-state index contributed by atoms with van der Waals surface area (Å²) >= 11 is 5.92. The fraction of sp³-hybridized carbons (Fsp3) is 0.0588. The largest absolute Gasteiger partial charge is 0.381 e. The minimum Gasteiger partial charge on any atom is -0.381 e. The number of anilines is 1. The maximum absolute atomic E-state index is 12.5. The molecule has 1 aliphatic heterocycles. The molecular formula is C17H14ClN5O2S. The Labute approximate surface area is 155 Å². The smallest absolute Gasteiger partial charge is 0.348 e. The van der Waals surface area contributed by atoms with Crippen molar-refractivity contribution in [3.05, 3.63) is 70.9 Å². The summed E-state index contributed by atoms with van der Waals surface area (Å²) in [7, 11) is -3.97. The first-order valence-electron chi connectivity index (χ1n) is 7.72. The van der Waals surface area contributed by atoms with Crippen molar-refractivity contribution in [2.75, 3.05) is 4.31 Å². The minimum atomic E-state index is -3.97. The highest BCUT2D eigenvalue weighted by atomic mass is 35.5. The van der Waals surface area contributed by atoms with Crippen molar-refractivity contribution < 1.29 is 8.42 Å². The van der Waals surface area contributed by atoms with E-state index in [0.717, 1.165) is 15.4 Å². The van der Waals surface area contributed by atoms with Gasteiger partial charge in [0.2, 0.25) is 0 Å². The van der Waals surface area contributed by atoms with Gasteiger partial charge >= 0.3 is 10.2 Å². The number of aromatic nitrogens is 2. The van der Waals surface area contributed by atoms with E-state index in [1.807, 2.05) is 30.3 Å². The second-order valence-corrected chi connectivity index (χ2v) is 7.69. The van der Waals surface area contributed by atoms with Crippen LogP contribution in [0.1, 0.15) is 11.3 Å². The van der Waals surface area contributed by atoms with E-state index in [1.165, 1.54) is 0 Å². The van der Waals surface area contributed by atoms with Gasteiger partial charge in [0.1, 0.15) is 11.5 Å². The molecule has 4 rings (SSSR count). The number of rotatable bonds is 3. The third kappa shape index (κ3) is 2.93. The lowest BCUT2D eigenvalue weighted by atomic mass is 10.2. The van der Waals surface area contributed by atoms with E-state index in [-0.39, 0.29) is 18.2 Å². The molecule has 2 heterocycles. The number of H-pyrrole nitrogens is 1. The molecule has 0 atom stereocenters. The van der Waals surface area contributed by atoms with E-state index < -0.39 is 10.2 Å². The number of hydrogen-bond acceptors (Lipinski definition) is 4. The summed E-state index contributed by atoms with van der Waals surface area (Å²) in [4.78, 5) is 7.52. The monoisotopic (exact) mass is 387 g/mol. The number of fused-ring (bicyclic) bond motifs is 1. The van der Waals surface area contributed by atoms with E-state index in [9.17, 15) is 8.42 Å². The number of nitrogens with zero attached hydrogens (tertiary/aromatic N) is 3. The van der Waals surface area contributed by atoms with Gasteiger partial charge < -0.3 is 10.7 Å². The number of amidine groups is 1. The number of imidazole rings is 1. The van der Waals surface area contributed by atoms with E-state index in [0.29, 0.717) is 16.5 Å². The van der Waals surface area contributed by atoms with Crippen molar-refractivity contribution in [1.29, 1.82) is 0 Å². The number of halogens is 1. The molecule has 1 aliphatic rings. The first kappa shape index (κ1) is 16.6. The Morgan fingerprint density at radius 3 is 2.46 bits per heavy atom. The molecule has 3 N–H and O–H groups in total. The Morgan fingerprint density at radius 1 is 1.08 bits per heavy atom. The van der Waals surface area contributed by atoms with Gasteiger partial charge in [0.15, 0.2) is 11.7 Å². The summed E-state index contributed by atoms with van der Waals surface area (Å²) in [6, 6.07) is 16.3. The van der Waals surface area contributed by atoms with Crippen LogP contribution in [-0.4, -0.2) is 24.2 Å². The number of aromatic amines is 1. The highest BCUT2D eigenvalue weighted by molar-refractivity contribution is 7.91. The van der Waals surface area contributed by atoms with Gasteiger partial charge in [-0.05, 0) is 29.8 Å². The molecule has 0 unspecified atom stereocenters. The third-order valence-electron chi connectivity index (χ3n) is 3.96. The lowest BCUT2D eigenvalue weighted by Crippen LogP contribution is -2.36. The van der Waals surface area contributed by atoms with Gasteiger partial charge in [-0.25, -0.2) is 9.29 Å². The molecule has 0 spiro atoms. The predicted molar refractivity (Wildman–Crippen MR) is 101 cm³/mol. The molecule has 9 heteroatoms. The summed E-state index contributed by atoms with van der Waals surface area (Å²) in [5, 5.41) is 0.597. The van der Waals surface area contributed by atoms with Crippen LogP contribution in [0.3, 0.4) is 0 Å². The maximum atomic E-state index is 12.5. The van der Waals surface area contributed by atoms with Crippen LogP contribution in [0.4, 0.5) is 5.82 Å². The van der Waals surface area contributed by atoms with Crippen LogP contribution < -0.4 is 10.0 Å². The summed E-state index contributed by atoms with van der Waals surface area (Å²) in [6.45, 7) is 0.109. The van der Waals surface area contributed by atoms with Crippen LogP contribution >= 0.6 is 11.6 Å². The Bertz CT molecular complexity index is 1090. The molecule has 0 radical (unpaired) electrons. The zero-order valence-corrected chi connectivity index (χ0v) is 15.0. The summed E-state index contributed by atoms with van der Waals surface area (Å²) < 4.78 is 29.9. The van der Waals surface area contributed by atoms with Crippen LogP contribution in [0.5, 0.6) is 0 Å². The predicted octanol–water partition coefficient (Wildman–Crippen LogP) is 2.70. The first-order chi connectivity index (χ1) is 12.4. The normalized spacial score (nSPS) is 15.4. The van der Waals surface area contributed by atoms with Crippen LogP contribution in [0, 0.1) is 0 Å². The van der Waals surface area contributed by atoms with Gasteiger partial charge in [0.05, 0.1) is 6.54 Å². The van der Waals surface area contributed by atoms with Gasteiger partial charge in [-0.2, -0.15) is 8.42 Å². The van der Waals surface area contributed by atoms with Crippen molar-refractivity contribution in [2.45, 2.75) is 6.54 Å². The van der Waals surface area contributed by atoms with Crippen molar-refractivity contribution in [1.82, 2.24) is 9.97 Å². The molecule has 2 aromatic carbocycles. The zero-order chi connectivity index (χ0) is 18.3.